The van der Waals surface area contributed by atoms with Gasteiger partial charge in [0.2, 0.25) is 0 Å². The number of aromatic nitrogens is 1. The lowest BCUT2D eigenvalue weighted by Gasteiger charge is -2.12. The van der Waals surface area contributed by atoms with Gasteiger partial charge in [-0.05, 0) is 43.8 Å². The van der Waals surface area contributed by atoms with Crippen molar-refractivity contribution in [3.05, 3.63) is 76.9 Å². The highest BCUT2D eigenvalue weighted by Crippen LogP contribution is 2.22. The monoisotopic (exact) mass is 399 g/mol. The van der Waals surface area contributed by atoms with Crippen molar-refractivity contribution in [2.75, 3.05) is 5.32 Å². The number of ether oxygens (including phenoxy) is 1. The number of rotatable bonds is 5. The number of aryl methyl sites for hydroxylation is 2. The highest BCUT2D eigenvalue weighted by molar-refractivity contribution is 7.80. The van der Waals surface area contributed by atoms with Gasteiger partial charge < -0.3 is 14.6 Å². The molecule has 0 saturated carbocycles. The zero-order valence-electron chi connectivity index (χ0n) is 15.3. The molecule has 3 rings (SSSR count). The second-order valence-electron chi connectivity index (χ2n) is 6.03. The minimum absolute atomic E-state index is 0.0300. The Balaban J connectivity index is 1.59. The average molecular weight is 399 g/mol. The lowest BCUT2D eigenvalue weighted by Crippen LogP contribution is -2.34. The molecule has 0 radical (unpaired) electrons. The van der Waals surface area contributed by atoms with Crippen LogP contribution in [-0.4, -0.2) is 16.2 Å². The molecule has 0 saturated heterocycles. The molecule has 28 heavy (non-hydrogen) atoms. The summed E-state index contributed by atoms with van der Waals surface area (Å²) < 4.78 is 24.7. The van der Waals surface area contributed by atoms with Crippen LogP contribution in [0.4, 0.5) is 10.1 Å². The fourth-order valence-corrected chi connectivity index (χ4v) is 2.78. The van der Waals surface area contributed by atoms with Gasteiger partial charge in [0.15, 0.2) is 16.7 Å². The Labute approximate surface area is 166 Å². The second kappa shape index (κ2) is 8.62. The van der Waals surface area contributed by atoms with Crippen molar-refractivity contribution in [2.24, 2.45) is 0 Å². The number of hydrogen-bond acceptors (Lipinski definition) is 5. The molecule has 1 aromatic heterocycles. The summed E-state index contributed by atoms with van der Waals surface area (Å²) in [6, 6.07) is 13.8. The number of thiocarbonyl (C=S) groups is 1. The molecule has 2 N–H and O–H groups in total. The highest BCUT2D eigenvalue weighted by atomic mass is 32.1. The van der Waals surface area contributed by atoms with Crippen molar-refractivity contribution < 1.29 is 18.4 Å². The molecule has 0 bridgehead atoms. The van der Waals surface area contributed by atoms with E-state index in [1.807, 2.05) is 30.3 Å². The smallest absolute Gasteiger partial charge is 0.262 e. The summed E-state index contributed by atoms with van der Waals surface area (Å²) in [5.74, 6) is -0.471. The average Bonchev–Trinajstić information content (AvgIpc) is 3.00. The maximum atomic E-state index is 14.3. The normalized spacial score (nSPS) is 10.4. The van der Waals surface area contributed by atoms with Crippen LogP contribution in [0.2, 0.25) is 0 Å². The van der Waals surface area contributed by atoms with Gasteiger partial charge in [0.05, 0.1) is 5.69 Å². The molecular formula is C20H18FN3O3S. The third kappa shape index (κ3) is 4.72. The minimum atomic E-state index is -0.541. The zero-order chi connectivity index (χ0) is 20.1. The Kier molecular flexibility index (Phi) is 6.00. The third-order valence-electron chi connectivity index (χ3n) is 3.91. The summed E-state index contributed by atoms with van der Waals surface area (Å²) in [4.78, 5) is 12.3. The molecule has 0 aliphatic rings. The molecule has 0 aliphatic carbocycles. The molecule has 2 aromatic carbocycles. The lowest BCUT2D eigenvalue weighted by molar-refractivity contribution is 0.0976. The van der Waals surface area contributed by atoms with E-state index in [9.17, 15) is 9.18 Å². The van der Waals surface area contributed by atoms with E-state index in [1.54, 1.807) is 19.9 Å². The van der Waals surface area contributed by atoms with Crippen LogP contribution in [0.1, 0.15) is 27.4 Å². The Hall–Kier alpha value is -3.26. The predicted molar refractivity (Wildman–Crippen MR) is 107 cm³/mol. The Morgan fingerprint density at radius 3 is 2.61 bits per heavy atom. The summed E-state index contributed by atoms with van der Waals surface area (Å²) >= 11 is 5.12. The van der Waals surface area contributed by atoms with Crippen LogP contribution >= 0.6 is 12.2 Å². The molecule has 144 valence electrons. The zero-order valence-corrected chi connectivity index (χ0v) is 16.1. The standard InChI is InChI=1S/C20H18FN3O3S/c1-12-18(13(2)27-24-12)19(25)23-20(28)22-15-8-9-17(16(21)10-15)26-11-14-6-4-3-5-7-14/h3-10H,11H2,1-2H3,(H2,22,23,25,28). The van der Waals surface area contributed by atoms with E-state index in [0.29, 0.717) is 22.7 Å². The number of halogens is 1. The predicted octanol–water partition coefficient (Wildman–Crippen LogP) is 4.14. The summed E-state index contributed by atoms with van der Waals surface area (Å²) in [7, 11) is 0. The number of carbonyl (C=O) groups excluding carboxylic acids is 1. The molecule has 3 aromatic rings. The number of nitrogens with zero attached hydrogens (tertiary/aromatic N) is 1. The van der Waals surface area contributed by atoms with Crippen LogP contribution in [0.3, 0.4) is 0 Å². The maximum Gasteiger partial charge on any atom is 0.262 e. The van der Waals surface area contributed by atoms with Gasteiger partial charge in [0.1, 0.15) is 17.9 Å². The highest BCUT2D eigenvalue weighted by Gasteiger charge is 2.18. The van der Waals surface area contributed by atoms with E-state index >= 15 is 0 Å². The van der Waals surface area contributed by atoms with Gasteiger partial charge in [-0.1, -0.05) is 35.5 Å². The molecule has 0 fully saturated rings. The lowest BCUT2D eigenvalue weighted by atomic mass is 10.2. The van der Waals surface area contributed by atoms with E-state index in [2.05, 4.69) is 15.8 Å². The molecule has 1 amide bonds. The second-order valence-corrected chi connectivity index (χ2v) is 6.44. The van der Waals surface area contributed by atoms with Gasteiger partial charge in [0, 0.05) is 11.8 Å². The topological polar surface area (TPSA) is 76.4 Å². The number of carbonyl (C=O) groups is 1. The van der Waals surface area contributed by atoms with E-state index in [-0.39, 0.29) is 17.5 Å². The van der Waals surface area contributed by atoms with Crippen molar-refractivity contribution in [1.29, 1.82) is 0 Å². The van der Waals surface area contributed by atoms with Crippen LogP contribution in [0.5, 0.6) is 5.75 Å². The molecule has 6 nitrogen and oxygen atoms in total. The molecule has 0 spiro atoms. The fourth-order valence-electron chi connectivity index (χ4n) is 2.57. The summed E-state index contributed by atoms with van der Waals surface area (Å²) in [6.07, 6.45) is 0. The molecule has 1 heterocycles. The van der Waals surface area contributed by atoms with Crippen LogP contribution in [-0.2, 0) is 6.61 Å². The van der Waals surface area contributed by atoms with Gasteiger partial charge in [-0.2, -0.15) is 0 Å². The van der Waals surface area contributed by atoms with Crippen molar-refractivity contribution in [3.8, 4) is 5.75 Å². The van der Waals surface area contributed by atoms with Crippen LogP contribution < -0.4 is 15.4 Å². The number of anilines is 1. The Bertz CT molecular complexity index is 986. The van der Waals surface area contributed by atoms with Crippen molar-refractivity contribution in [3.63, 3.8) is 0 Å². The first kappa shape index (κ1) is 19.5. The van der Waals surface area contributed by atoms with Gasteiger partial charge >= 0.3 is 0 Å². The van der Waals surface area contributed by atoms with Crippen molar-refractivity contribution in [2.45, 2.75) is 20.5 Å². The van der Waals surface area contributed by atoms with Gasteiger partial charge in [-0.25, -0.2) is 4.39 Å². The fraction of sp³-hybridized carbons (Fsp3) is 0.150. The van der Waals surface area contributed by atoms with E-state index in [0.717, 1.165) is 5.56 Å². The Morgan fingerprint density at radius 2 is 1.96 bits per heavy atom. The first-order chi connectivity index (χ1) is 13.4. The van der Waals surface area contributed by atoms with E-state index < -0.39 is 11.7 Å². The molecular weight excluding hydrogens is 381 g/mol. The number of benzene rings is 2. The quantitative estimate of drug-likeness (QED) is 0.628. The van der Waals surface area contributed by atoms with E-state index in [1.165, 1.54) is 12.1 Å². The van der Waals surface area contributed by atoms with Gasteiger partial charge in [0.25, 0.3) is 5.91 Å². The van der Waals surface area contributed by atoms with Crippen LogP contribution in [0.15, 0.2) is 53.1 Å². The number of amides is 1. The van der Waals surface area contributed by atoms with Crippen LogP contribution in [0, 0.1) is 19.7 Å². The molecule has 0 aliphatic heterocycles. The molecule has 0 unspecified atom stereocenters. The largest absolute Gasteiger partial charge is 0.486 e. The van der Waals surface area contributed by atoms with Crippen LogP contribution in [0.25, 0.3) is 0 Å². The first-order valence-electron chi connectivity index (χ1n) is 8.45. The van der Waals surface area contributed by atoms with Crippen molar-refractivity contribution >= 4 is 28.9 Å². The minimum Gasteiger partial charge on any atom is -0.486 e. The Morgan fingerprint density at radius 1 is 1.21 bits per heavy atom. The number of hydrogen-bond donors (Lipinski definition) is 2. The first-order valence-corrected chi connectivity index (χ1v) is 8.86. The summed E-state index contributed by atoms with van der Waals surface area (Å²) in [6.45, 7) is 3.55. The SMILES string of the molecule is Cc1noc(C)c1C(=O)NC(=S)Nc1ccc(OCc2ccccc2)c(F)c1. The van der Waals surface area contributed by atoms with Gasteiger partial charge in [-0.15, -0.1) is 0 Å². The van der Waals surface area contributed by atoms with Crippen molar-refractivity contribution in [1.82, 2.24) is 10.5 Å². The molecule has 8 heteroatoms. The summed E-state index contributed by atoms with van der Waals surface area (Å²) in [5, 5.41) is 9.05. The third-order valence-corrected chi connectivity index (χ3v) is 4.12. The molecule has 0 atom stereocenters. The maximum absolute atomic E-state index is 14.3. The van der Waals surface area contributed by atoms with Gasteiger partial charge in [-0.3, -0.25) is 10.1 Å². The number of nitrogens with one attached hydrogen (secondary N) is 2. The van der Waals surface area contributed by atoms with E-state index in [4.69, 9.17) is 21.5 Å². The summed E-state index contributed by atoms with van der Waals surface area (Å²) in [5.41, 5.74) is 2.10.